The van der Waals surface area contributed by atoms with Gasteiger partial charge in [-0.15, -0.1) is 0 Å². The number of rotatable bonds is 4. The van der Waals surface area contributed by atoms with Crippen LogP contribution in [0.15, 0.2) is 30.3 Å². The van der Waals surface area contributed by atoms with Crippen LogP contribution in [0.3, 0.4) is 0 Å². The second kappa shape index (κ2) is 7.26. The van der Waals surface area contributed by atoms with Gasteiger partial charge in [0.1, 0.15) is 0 Å². The molecule has 5 nitrogen and oxygen atoms in total. The molecular formula is C15H22N2O3. The zero-order valence-electron chi connectivity index (χ0n) is 12.0. The van der Waals surface area contributed by atoms with E-state index in [0.29, 0.717) is 26.2 Å². The molecule has 0 saturated carbocycles. The first-order valence-electron chi connectivity index (χ1n) is 6.93. The number of carbonyl (C=O) groups excluding carboxylic acids is 1. The third-order valence-electron chi connectivity index (χ3n) is 3.42. The highest BCUT2D eigenvalue weighted by Gasteiger charge is 2.22. The number of amides is 2. The fourth-order valence-electron chi connectivity index (χ4n) is 2.30. The first kappa shape index (κ1) is 14.8. The third-order valence-corrected chi connectivity index (χ3v) is 3.42. The Morgan fingerprint density at radius 3 is 2.90 bits per heavy atom. The van der Waals surface area contributed by atoms with Crippen LogP contribution in [-0.4, -0.2) is 50.4 Å². The molecule has 110 valence electrons. The van der Waals surface area contributed by atoms with Gasteiger partial charge in [0.05, 0.1) is 18.8 Å². The number of ether oxygens (including phenoxy) is 2. The van der Waals surface area contributed by atoms with E-state index >= 15 is 0 Å². The summed E-state index contributed by atoms with van der Waals surface area (Å²) in [7, 11) is 1.65. The number of nitrogens with one attached hydrogen (secondary N) is 1. The maximum atomic E-state index is 12.1. The van der Waals surface area contributed by atoms with Gasteiger partial charge in [-0.1, -0.05) is 30.3 Å². The molecule has 2 rings (SSSR count). The fraction of sp³-hybridized carbons (Fsp3) is 0.533. The highest BCUT2D eigenvalue weighted by Crippen LogP contribution is 2.15. The van der Waals surface area contributed by atoms with Gasteiger partial charge in [0, 0.05) is 26.7 Å². The van der Waals surface area contributed by atoms with Crippen molar-refractivity contribution in [3.8, 4) is 0 Å². The van der Waals surface area contributed by atoms with Crippen molar-refractivity contribution in [3.63, 3.8) is 0 Å². The number of benzene rings is 1. The van der Waals surface area contributed by atoms with E-state index < -0.39 is 0 Å². The lowest BCUT2D eigenvalue weighted by Gasteiger charge is -2.31. The molecule has 0 aromatic heterocycles. The predicted molar refractivity (Wildman–Crippen MR) is 76.6 cm³/mol. The normalized spacial score (nSPS) is 20.5. The molecule has 0 bridgehead atoms. The van der Waals surface area contributed by atoms with Crippen molar-refractivity contribution in [2.24, 2.45) is 0 Å². The van der Waals surface area contributed by atoms with Gasteiger partial charge in [-0.2, -0.15) is 0 Å². The van der Waals surface area contributed by atoms with Gasteiger partial charge in [-0.05, 0) is 12.5 Å². The van der Waals surface area contributed by atoms with Gasteiger partial charge >= 0.3 is 6.03 Å². The van der Waals surface area contributed by atoms with E-state index in [1.165, 1.54) is 0 Å². The van der Waals surface area contributed by atoms with E-state index in [0.717, 1.165) is 5.56 Å². The molecule has 5 heteroatoms. The predicted octanol–water partition coefficient (Wildman–Crippen LogP) is 1.80. The maximum absolute atomic E-state index is 12.1. The van der Waals surface area contributed by atoms with Crippen molar-refractivity contribution in [2.75, 3.05) is 33.4 Å². The van der Waals surface area contributed by atoms with Crippen LogP contribution in [0.25, 0.3) is 0 Å². The Balaban J connectivity index is 1.85. The minimum Gasteiger partial charge on any atom is -0.375 e. The number of methoxy groups -OCH3 is 1. The van der Waals surface area contributed by atoms with Gasteiger partial charge in [0.25, 0.3) is 0 Å². The third kappa shape index (κ3) is 3.95. The smallest absolute Gasteiger partial charge is 0.317 e. The molecule has 1 fully saturated rings. The number of urea groups is 1. The molecule has 1 aromatic carbocycles. The van der Waals surface area contributed by atoms with Crippen molar-refractivity contribution < 1.29 is 14.3 Å². The van der Waals surface area contributed by atoms with Gasteiger partial charge < -0.3 is 19.7 Å². The molecule has 1 saturated heterocycles. The molecule has 2 amide bonds. The summed E-state index contributed by atoms with van der Waals surface area (Å²) in [6.07, 6.45) is -0.0274. The van der Waals surface area contributed by atoms with E-state index in [-0.39, 0.29) is 18.2 Å². The molecule has 1 N–H and O–H groups in total. The highest BCUT2D eigenvalue weighted by atomic mass is 16.5. The van der Waals surface area contributed by atoms with Crippen LogP contribution in [0.1, 0.15) is 18.6 Å². The molecule has 1 aliphatic rings. The van der Waals surface area contributed by atoms with Crippen LogP contribution < -0.4 is 5.32 Å². The van der Waals surface area contributed by atoms with Crippen molar-refractivity contribution in [1.29, 1.82) is 0 Å². The van der Waals surface area contributed by atoms with Gasteiger partial charge in [-0.25, -0.2) is 4.79 Å². The van der Waals surface area contributed by atoms with E-state index in [2.05, 4.69) is 5.32 Å². The monoisotopic (exact) mass is 278 g/mol. The SMILES string of the molecule is COC(CNC(=O)N1CCOC(C)C1)c1ccccc1. The van der Waals surface area contributed by atoms with Crippen LogP contribution in [0, 0.1) is 0 Å². The zero-order valence-corrected chi connectivity index (χ0v) is 12.0. The molecule has 0 spiro atoms. The molecule has 1 aromatic rings. The molecule has 2 unspecified atom stereocenters. The minimum atomic E-state index is -0.126. The largest absolute Gasteiger partial charge is 0.375 e. The van der Waals surface area contributed by atoms with Crippen LogP contribution in [0.5, 0.6) is 0 Å². The minimum absolute atomic E-state index is 0.0573. The van der Waals surface area contributed by atoms with Gasteiger partial charge in [0.15, 0.2) is 0 Å². The van der Waals surface area contributed by atoms with Gasteiger partial charge in [0.2, 0.25) is 0 Å². The fourth-order valence-corrected chi connectivity index (χ4v) is 2.30. The number of carbonyl (C=O) groups is 1. The number of nitrogens with zero attached hydrogens (tertiary/aromatic N) is 1. The second-order valence-electron chi connectivity index (χ2n) is 4.95. The summed E-state index contributed by atoms with van der Waals surface area (Å²) < 4.78 is 10.9. The number of hydrogen-bond acceptors (Lipinski definition) is 3. The summed E-state index contributed by atoms with van der Waals surface area (Å²) >= 11 is 0. The standard InChI is InChI=1S/C15H22N2O3/c1-12-11-17(8-9-20-12)15(18)16-10-14(19-2)13-6-4-3-5-7-13/h3-7,12,14H,8-11H2,1-2H3,(H,16,18). The summed E-state index contributed by atoms with van der Waals surface area (Å²) in [4.78, 5) is 13.9. The molecule has 2 atom stereocenters. The van der Waals surface area contributed by atoms with E-state index in [1.807, 2.05) is 37.3 Å². The molecule has 0 aliphatic carbocycles. The quantitative estimate of drug-likeness (QED) is 0.913. The van der Waals surface area contributed by atoms with Crippen LogP contribution >= 0.6 is 0 Å². The second-order valence-corrected chi connectivity index (χ2v) is 4.95. The molecule has 1 heterocycles. The molecule has 1 aliphatic heterocycles. The summed E-state index contributed by atoms with van der Waals surface area (Å²) in [5.74, 6) is 0. The lowest BCUT2D eigenvalue weighted by atomic mass is 10.1. The first-order valence-corrected chi connectivity index (χ1v) is 6.93. The topological polar surface area (TPSA) is 50.8 Å². The summed E-state index contributed by atoms with van der Waals surface area (Å²) in [6.45, 7) is 4.31. The van der Waals surface area contributed by atoms with Crippen molar-refractivity contribution in [1.82, 2.24) is 10.2 Å². The maximum Gasteiger partial charge on any atom is 0.317 e. The Labute approximate surface area is 119 Å². The Hall–Kier alpha value is -1.59. The lowest BCUT2D eigenvalue weighted by molar-refractivity contribution is -0.00412. The van der Waals surface area contributed by atoms with E-state index in [9.17, 15) is 4.79 Å². The van der Waals surface area contributed by atoms with Crippen LogP contribution in [-0.2, 0) is 9.47 Å². The highest BCUT2D eigenvalue weighted by molar-refractivity contribution is 5.74. The summed E-state index contributed by atoms with van der Waals surface area (Å²) in [5, 5.41) is 2.93. The number of morpholine rings is 1. The van der Waals surface area contributed by atoms with Gasteiger partial charge in [-0.3, -0.25) is 0 Å². The Morgan fingerprint density at radius 1 is 1.50 bits per heavy atom. The number of hydrogen-bond donors (Lipinski definition) is 1. The Bertz CT molecular complexity index is 424. The van der Waals surface area contributed by atoms with Crippen molar-refractivity contribution in [2.45, 2.75) is 19.1 Å². The Morgan fingerprint density at radius 2 is 2.25 bits per heavy atom. The molecule has 0 radical (unpaired) electrons. The average Bonchev–Trinajstić information content (AvgIpc) is 2.49. The lowest BCUT2D eigenvalue weighted by Crippen LogP contribution is -2.49. The molecule has 20 heavy (non-hydrogen) atoms. The zero-order chi connectivity index (χ0) is 14.4. The first-order chi connectivity index (χ1) is 9.70. The van der Waals surface area contributed by atoms with E-state index in [4.69, 9.17) is 9.47 Å². The summed E-state index contributed by atoms with van der Waals surface area (Å²) in [5.41, 5.74) is 1.06. The Kier molecular flexibility index (Phi) is 5.38. The summed E-state index contributed by atoms with van der Waals surface area (Å²) in [6, 6.07) is 9.83. The van der Waals surface area contributed by atoms with Crippen molar-refractivity contribution in [3.05, 3.63) is 35.9 Å². The average molecular weight is 278 g/mol. The molecular weight excluding hydrogens is 256 g/mol. The van der Waals surface area contributed by atoms with Crippen LogP contribution in [0.4, 0.5) is 4.79 Å². The van der Waals surface area contributed by atoms with E-state index in [1.54, 1.807) is 12.0 Å². The van der Waals surface area contributed by atoms with Crippen molar-refractivity contribution >= 4 is 6.03 Å². The van der Waals surface area contributed by atoms with Crippen LogP contribution in [0.2, 0.25) is 0 Å².